The minimum atomic E-state index is 0.350. The highest BCUT2D eigenvalue weighted by molar-refractivity contribution is 5.63. The molecule has 0 aliphatic heterocycles. The summed E-state index contributed by atoms with van der Waals surface area (Å²) in [6.07, 6.45) is 2.28. The van der Waals surface area contributed by atoms with Crippen LogP contribution in [0.15, 0.2) is 36.4 Å². The Morgan fingerprint density at radius 1 is 1.12 bits per heavy atom. The van der Waals surface area contributed by atoms with E-state index >= 15 is 0 Å². The van der Waals surface area contributed by atoms with Gasteiger partial charge in [-0.15, -0.1) is 0 Å². The number of hydrogen-bond donors (Lipinski definition) is 0. The monoisotopic (exact) mass is 212 g/mol. The Morgan fingerprint density at radius 2 is 1.81 bits per heavy atom. The van der Waals surface area contributed by atoms with Gasteiger partial charge in [0.05, 0.1) is 6.42 Å². The van der Waals surface area contributed by atoms with Gasteiger partial charge in [0.1, 0.15) is 0 Å². The third-order valence-corrected chi connectivity index (χ3v) is 2.83. The Bertz CT molecular complexity index is 494. The molecule has 2 rings (SSSR count). The Balaban J connectivity index is 2.40. The molecule has 0 atom stereocenters. The summed E-state index contributed by atoms with van der Waals surface area (Å²) in [7, 11) is 1.97. The lowest BCUT2D eigenvalue weighted by atomic mass is 10.1. The van der Waals surface area contributed by atoms with E-state index in [0.29, 0.717) is 6.42 Å². The van der Waals surface area contributed by atoms with E-state index in [4.69, 9.17) is 0 Å². The van der Waals surface area contributed by atoms with Gasteiger partial charge in [0.25, 0.3) is 0 Å². The predicted molar refractivity (Wildman–Crippen MR) is 65.0 cm³/mol. The third-order valence-electron chi connectivity index (χ3n) is 2.83. The molecule has 81 valence electrons. The molecule has 16 heavy (non-hydrogen) atoms. The molecule has 2 heteroatoms. The van der Waals surface area contributed by atoms with Crippen molar-refractivity contribution in [2.24, 2.45) is 7.05 Å². The van der Waals surface area contributed by atoms with Gasteiger partial charge in [-0.25, -0.2) is 0 Å². The van der Waals surface area contributed by atoms with Crippen molar-refractivity contribution in [3.05, 3.63) is 47.7 Å². The van der Waals surface area contributed by atoms with Crippen LogP contribution in [0, 0.1) is 6.92 Å². The molecule has 0 bridgehead atoms. The van der Waals surface area contributed by atoms with E-state index in [0.717, 1.165) is 11.4 Å². The molecule has 0 saturated carbocycles. The SMILES string of the molecule is Cc1ccc(-c2ccc(C[C]=O)n2C)cc1. The molecule has 0 N–H and O–H groups in total. The zero-order valence-electron chi connectivity index (χ0n) is 9.53. The second-order valence-corrected chi connectivity index (χ2v) is 3.96. The molecular weight excluding hydrogens is 198 g/mol. The fraction of sp³-hybridized carbons (Fsp3) is 0.214. The van der Waals surface area contributed by atoms with E-state index in [9.17, 15) is 4.79 Å². The van der Waals surface area contributed by atoms with Gasteiger partial charge >= 0.3 is 0 Å². The largest absolute Gasteiger partial charge is 0.347 e. The summed E-state index contributed by atoms with van der Waals surface area (Å²) in [5.41, 5.74) is 4.54. The van der Waals surface area contributed by atoms with Gasteiger partial charge in [-0.3, -0.25) is 4.79 Å². The average molecular weight is 212 g/mol. The van der Waals surface area contributed by atoms with Crippen molar-refractivity contribution in [3.63, 3.8) is 0 Å². The summed E-state index contributed by atoms with van der Waals surface area (Å²) in [6, 6.07) is 12.4. The lowest BCUT2D eigenvalue weighted by Crippen LogP contribution is -1.98. The van der Waals surface area contributed by atoms with E-state index in [1.165, 1.54) is 11.1 Å². The summed E-state index contributed by atoms with van der Waals surface area (Å²) in [4.78, 5) is 10.4. The third kappa shape index (κ3) is 1.91. The molecule has 1 heterocycles. The highest BCUT2D eigenvalue weighted by Gasteiger charge is 2.06. The first kappa shape index (κ1) is 10.7. The van der Waals surface area contributed by atoms with E-state index in [-0.39, 0.29) is 0 Å². The summed E-state index contributed by atoms with van der Waals surface area (Å²) in [6.45, 7) is 2.07. The van der Waals surface area contributed by atoms with Crippen LogP contribution in [0.2, 0.25) is 0 Å². The molecule has 0 spiro atoms. The number of benzene rings is 1. The minimum absolute atomic E-state index is 0.350. The number of rotatable bonds is 3. The maximum atomic E-state index is 10.4. The van der Waals surface area contributed by atoms with Crippen LogP contribution < -0.4 is 0 Å². The topological polar surface area (TPSA) is 22.0 Å². The maximum absolute atomic E-state index is 10.4. The maximum Gasteiger partial charge on any atom is 0.204 e. The summed E-state index contributed by atoms with van der Waals surface area (Å²) < 4.78 is 2.04. The van der Waals surface area contributed by atoms with E-state index in [1.807, 2.05) is 30.0 Å². The van der Waals surface area contributed by atoms with Gasteiger partial charge in [0.15, 0.2) is 0 Å². The number of hydrogen-bond acceptors (Lipinski definition) is 1. The van der Waals surface area contributed by atoms with Crippen molar-refractivity contribution in [3.8, 4) is 11.3 Å². The second kappa shape index (κ2) is 4.35. The molecule has 0 aliphatic carbocycles. The Kier molecular flexibility index (Phi) is 2.91. The smallest absolute Gasteiger partial charge is 0.204 e. The van der Waals surface area contributed by atoms with Crippen LogP contribution in [0.5, 0.6) is 0 Å². The first-order chi connectivity index (χ1) is 7.72. The molecule has 0 fully saturated rings. The zero-order valence-corrected chi connectivity index (χ0v) is 9.53. The highest BCUT2D eigenvalue weighted by atomic mass is 16.1. The predicted octanol–water partition coefficient (Wildman–Crippen LogP) is 2.65. The van der Waals surface area contributed by atoms with Crippen LogP contribution in [0.3, 0.4) is 0 Å². The van der Waals surface area contributed by atoms with Crippen LogP contribution in [0.1, 0.15) is 11.3 Å². The molecule has 0 unspecified atom stereocenters. The first-order valence-electron chi connectivity index (χ1n) is 5.29. The van der Waals surface area contributed by atoms with E-state index in [2.05, 4.69) is 31.2 Å². The normalized spacial score (nSPS) is 10.4. The fourth-order valence-electron chi connectivity index (χ4n) is 1.82. The molecule has 0 amide bonds. The van der Waals surface area contributed by atoms with Crippen molar-refractivity contribution in [2.75, 3.05) is 0 Å². The van der Waals surface area contributed by atoms with Gasteiger partial charge in [0, 0.05) is 18.4 Å². The van der Waals surface area contributed by atoms with Gasteiger partial charge in [0.2, 0.25) is 6.29 Å². The number of aryl methyl sites for hydroxylation is 1. The number of carbonyl (C=O) groups excluding carboxylic acids is 1. The standard InChI is InChI=1S/C14H14NO/c1-11-3-5-12(6-4-11)14-8-7-13(9-10-16)15(14)2/h3-8H,9H2,1-2H3. The molecule has 1 aromatic carbocycles. The summed E-state index contributed by atoms with van der Waals surface area (Å²) in [5.74, 6) is 0. The Labute approximate surface area is 95.5 Å². The molecule has 1 radical (unpaired) electrons. The van der Waals surface area contributed by atoms with Gasteiger partial charge in [-0.2, -0.15) is 0 Å². The van der Waals surface area contributed by atoms with Crippen molar-refractivity contribution < 1.29 is 4.79 Å². The van der Waals surface area contributed by atoms with Crippen molar-refractivity contribution in [1.29, 1.82) is 0 Å². The minimum Gasteiger partial charge on any atom is -0.347 e. The first-order valence-corrected chi connectivity index (χ1v) is 5.29. The Morgan fingerprint density at radius 3 is 2.44 bits per heavy atom. The summed E-state index contributed by atoms with van der Waals surface area (Å²) >= 11 is 0. The molecular formula is C14H14NO. The van der Waals surface area contributed by atoms with Gasteiger partial charge in [-0.1, -0.05) is 29.8 Å². The van der Waals surface area contributed by atoms with E-state index < -0.39 is 0 Å². The Hall–Kier alpha value is -1.83. The molecule has 2 nitrogen and oxygen atoms in total. The van der Waals surface area contributed by atoms with Crippen molar-refractivity contribution >= 4 is 6.29 Å². The lowest BCUT2D eigenvalue weighted by molar-refractivity contribution is 0.553. The zero-order chi connectivity index (χ0) is 11.5. The molecule has 0 aliphatic rings. The molecule has 1 aromatic heterocycles. The van der Waals surface area contributed by atoms with Gasteiger partial charge < -0.3 is 4.57 Å². The van der Waals surface area contributed by atoms with E-state index in [1.54, 1.807) is 0 Å². The van der Waals surface area contributed by atoms with Gasteiger partial charge in [-0.05, 0) is 24.6 Å². The number of nitrogens with zero attached hydrogens (tertiary/aromatic N) is 1. The summed E-state index contributed by atoms with van der Waals surface area (Å²) in [5, 5.41) is 0. The van der Waals surface area contributed by atoms with Crippen LogP contribution in [-0.4, -0.2) is 10.9 Å². The molecule has 2 aromatic rings. The van der Waals surface area contributed by atoms with Crippen LogP contribution in [0.25, 0.3) is 11.3 Å². The quantitative estimate of drug-likeness (QED) is 0.766. The van der Waals surface area contributed by atoms with Crippen molar-refractivity contribution in [1.82, 2.24) is 4.57 Å². The van der Waals surface area contributed by atoms with Crippen LogP contribution >= 0.6 is 0 Å². The fourth-order valence-corrected chi connectivity index (χ4v) is 1.82. The average Bonchev–Trinajstić information content (AvgIpc) is 2.63. The second-order valence-electron chi connectivity index (χ2n) is 3.96. The van der Waals surface area contributed by atoms with Crippen molar-refractivity contribution in [2.45, 2.75) is 13.3 Å². The van der Waals surface area contributed by atoms with Crippen LogP contribution in [0.4, 0.5) is 0 Å². The highest BCUT2D eigenvalue weighted by Crippen LogP contribution is 2.21. The van der Waals surface area contributed by atoms with Crippen LogP contribution in [-0.2, 0) is 18.3 Å². The molecule has 0 saturated heterocycles. The lowest BCUT2D eigenvalue weighted by Gasteiger charge is -2.06. The number of aromatic nitrogens is 1.